The summed E-state index contributed by atoms with van der Waals surface area (Å²) in [7, 11) is 0. The first-order valence-corrected chi connectivity index (χ1v) is 3.49. The van der Waals surface area contributed by atoms with Crippen LogP contribution in [0.25, 0.3) is 0 Å². The van der Waals surface area contributed by atoms with E-state index in [4.69, 9.17) is 9.84 Å². The highest BCUT2D eigenvalue weighted by Gasteiger charge is 2.16. The zero-order valence-electron chi connectivity index (χ0n) is 7.34. The number of rotatable bonds is 1. The highest BCUT2D eigenvalue weighted by molar-refractivity contribution is 5.67. The minimum Gasteiger partial charge on any atom is -0.444 e. The van der Waals surface area contributed by atoms with Gasteiger partial charge in [-0.3, -0.25) is 5.32 Å². The van der Waals surface area contributed by atoms with E-state index in [1.165, 1.54) is 6.92 Å². The third-order valence-corrected chi connectivity index (χ3v) is 0.726. The Kier molecular flexibility index (Phi) is 3.32. The molecule has 1 atom stereocenters. The minimum atomic E-state index is -0.871. The van der Waals surface area contributed by atoms with Gasteiger partial charge in [0, 0.05) is 0 Å². The predicted octanol–water partition coefficient (Wildman–Crippen LogP) is 0.849. The highest BCUT2D eigenvalue weighted by atomic mass is 16.6. The Balaban J connectivity index is 3.71. The summed E-state index contributed by atoms with van der Waals surface area (Å²) in [5.74, 6) is 0. The van der Waals surface area contributed by atoms with Crippen LogP contribution in [-0.4, -0.2) is 23.0 Å². The first kappa shape index (κ1) is 10.2. The molecule has 11 heavy (non-hydrogen) atoms. The number of ether oxygens (including phenoxy) is 1. The lowest BCUT2D eigenvalue weighted by Crippen LogP contribution is -2.37. The van der Waals surface area contributed by atoms with Gasteiger partial charge in [-0.15, -0.1) is 0 Å². The van der Waals surface area contributed by atoms with Gasteiger partial charge in [-0.2, -0.15) is 0 Å². The maximum absolute atomic E-state index is 10.8. The summed E-state index contributed by atoms with van der Waals surface area (Å²) in [5.41, 5.74) is -0.515. The molecule has 0 spiro atoms. The summed E-state index contributed by atoms with van der Waals surface area (Å²) >= 11 is 0. The van der Waals surface area contributed by atoms with Gasteiger partial charge in [0.05, 0.1) is 0 Å². The second-order valence-corrected chi connectivity index (χ2v) is 3.32. The molecule has 2 N–H and O–H groups in total. The van der Waals surface area contributed by atoms with E-state index in [0.717, 1.165) is 0 Å². The van der Waals surface area contributed by atoms with Gasteiger partial charge >= 0.3 is 6.09 Å². The number of aliphatic hydroxyl groups excluding tert-OH is 1. The van der Waals surface area contributed by atoms with Crippen LogP contribution in [0.4, 0.5) is 4.79 Å². The van der Waals surface area contributed by atoms with Gasteiger partial charge in [0.25, 0.3) is 0 Å². The van der Waals surface area contributed by atoms with Gasteiger partial charge in [-0.05, 0) is 27.7 Å². The van der Waals surface area contributed by atoms with Crippen molar-refractivity contribution in [1.82, 2.24) is 5.32 Å². The zero-order chi connectivity index (χ0) is 9.07. The van der Waals surface area contributed by atoms with Crippen LogP contribution in [0.5, 0.6) is 0 Å². The third kappa shape index (κ3) is 7.12. The molecule has 0 unspecified atom stereocenters. The molecule has 0 aromatic carbocycles. The average Bonchev–Trinajstić information content (AvgIpc) is 1.53. The van der Waals surface area contributed by atoms with Crippen molar-refractivity contribution in [3.05, 3.63) is 0 Å². The number of alkyl carbamates (subject to hydrolysis) is 1. The molecule has 1 amide bonds. The van der Waals surface area contributed by atoms with Crippen molar-refractivity contribution in [2.75, 3.05) is 0 Å². The standard InChI is InChI=1S/C7H15NO3/c1-5(9)8-6(10)11-7(2,3)4/h5,9H,1-4H3,(H,8,10)/t5-/m0/s1. The second kappa shape index (κ2) is 3.57. The van der Waals surface area contributed by atoms with E-state index in [-0.39, 0.29) is 0 Å². The SMILES string of the molecule is C[C@H](O)NC(=O)OC(C)(C)C. The molecule has 0 heterocycles. The topological polar surface area (TPSA) is 58.6 Å². The first-order chi connectivity index (χ1) is 4.81. The number of carbonyl (C=O) groups is 1. The number of hydrogen-bond donors (Lipinski definition) is 2. The van der Waals surface area contributed by atoms with Crippen molar-refractivity contribution in [3.63, 3.8) is 0 Å². The van der Waals surface area contributed by atoms with Crippen LogP contribution in [0.3, 0.4) is 0 Å². The Hall–Kier alpha value is -0.770. The molecule has 0 radical (unpaired) electrons. The molecular weight excluding hydrogens is 146 g/mol. The Morgan fingerprint density at radius 1 is 1.55 bits per heavy atom. The minimum absolute atomic E-state index is 0.515. The largest absolute Gasteiger partial charge is 0.444 e. The molecule has 0 aromatic rings. The van der Waals surface area contributed by atoms with E-state index in [9.17, 15) is 4.79 Å². The van der Waals surface area contributed by atoms with Gasteiger partial charge < -0.3 is 9.84 Å². The van der Waals surface area contributed by atoms with Crippen LogP contribution in [0.2, 0.25) is 0 Å². The van der Waals surface area contributed by atoms with E-state index in [1.807, 2.05) is 0 Å². The smallest absolute Gasteiger partial charge is 0.409 e. The number of amides is 1. The Bertz CT molecular complexity index is 137. The molecule has 0 aliphatic carbocycles. The Labute approximate surface area is 66.5 Å². The van der Waals surface area contributed by atoms with Gasteiger partial charge in [0.15, 0.2) is 0 Å². The predicted molar refractivity (Wildman–Crippen MR) is 41.1 cm³/mol. The zero-order valence-corrected chi connectivity index (χ0v) is 7.34. The van der Waals surface area contributed by atoms with Crippen LogP contribution in [0.1, 0.15) is 27.7 Å². The molecule has 0 saturated carbocycles. The van der Waals surface area contributed by atoms with Gasteiger partial charge in [0.1, 0.15) is 11.8 Å². The summed E-state index contributed by atoms with van der Waals surface area (Å²) in [6.45, 7) is 6.72. The normalized spacial score (nSPS) is 13.9. The maximum atomic E-state index is 10.8. The van der Waals surface area contributed by atoms with E-state index in [0.29, 0.717) is 0 Å². The van der Waals surface area contributed by atoms with Crippen molar-refractivity contribution in [3.8, 4) is 0 Å². The van der Waals surface area contributed by atoms with Crippen LogP contribution < -0.4 is 5.32 Å². The van der Waals surface area contributed by atoms with E-state index in [2.05, 4.69) is 5.32 Å². The van der Waals surface area contributed by atoms with Gasteiger partial charge in [0.2, 0.25) is 0 Å². The molecule has 0 saturated heterocycles. The Morgan fingerprint density at radius 3 is 2.27 bits per heavy atom. The molecule has 0 fully saturated rings. The molecule has 0 aliphatic rings. The summed E-state index contributed by atoms with van der Waals surface area (Å²) in [6.07, 6.45) is -1.47. The van der Waals surface area contributed by atoms with Gasteiger partial charge in [-0.25, -0.2) is 4.79 Å². The molecule has 4 nitrogen and oxygen atoms in total. The average molecular weight is 161 g/mol. The monoisotopic (exact) mass is 161 g/mol. The number of aliphatic hydroxyl groups is 1. The number of hydrogen-bond acceptors (Lipinski definition) is 3. The van der Waals surface area contributed by atoms with Crippen molar-refractivity contribution < 1.29 is 14.6 Å². The first-order valence-electron chi connectivity index (χ1n) is 3.49. The molecule has 66 valence electrons. The number of nitrogens with one attached hydrogen (secondary N) is 1. The van der Waals surface area contributed by atoms with E-state index in [1.54, 1.807) is 20.8 Å². The number of carbonyl (C=O) groups excluding carboxylic acids is 1. The lowest BCUT2D eigenvalue weighted by atomic mass is 10.2. The lowest BCUT2D eigenvalue weighted by Gasteiger charge is -2.20. The highest BCUT2D eigenvalue weighted by Crippen LogP contribution is 2.06. The fourth-order valence-corrected chi connectivity index (χ4v) is 0.478. The van der Waals surface area contributed by atoms with Crippen molar-refractivity contribution in [1.29, 1.82) is 0 Å². The third-order valence-electron chi connectivity index (χ3n) is 0.726. The molecule has 0 aliphatic heterocycles. The summed E-state index contributed by atoms with van der Waals surface area (Å²) in [5, 5.41) is 10.9. The Morgan fingerprint density at radius 2 is 2.00 bits per heavy atom. The van der Waals surface area contributed by atoms with Crippen molar-refractivity contribution in [2.45, 2.75) is 39.5 Å². The molecule has 0 bridgehead atoms. The molecular formula is C7H15NO3. The van der Waals surface area contributed by atoms with Crippen molar-refractivity contribution in [2.24, 2.45) is 0 Å². The van der Waals surface area contributed by atoms with E-state index >= 15 is 0 Å². The maximum Gasteiger partial charge on any atom is 0.409 e. The summed E-state index contributed by atoms with van der Waals surface area (Å²) in [6, 6.07) is 0. The fraction of sp³-hybridized carbons (Fsp3) is 0.857. The van der Waals surface area contributed by atoms with Crippen molar-refractivity contribution >= 4 is 6.09 Å². The summed E-state index contributed by atoms with van der Waals surface area (Å²) in [4.78, 5) is 10.8. The van der Waals surface area contributed by atoms with E-state index < -0.39 is 17.9 Å². The molecule has 0 rings (SSSR count). The lowest BCUT2D eigenvalue weighted by molar-refractivity contribution is 0.0386. The quantitative estimate of drug-likeness (QED) is 0.560. The second-order valence-electron chi connectivity index (χ2n) is 3.32. The molecule has 4 heteroatoms. The van der Waals surface area contributed by atoms with Crippen LogP contribution >= 0.6 is 0 Å². The van der Waals surface area contributed by atoms with Crippen LogP contribution in [0.15, 0.2) is 0 Å². The van der Waals surface area contributed by atoms with Gasteiger partial charge in [-0.1, -0.05) is 0 Å². The molecule has 0 aromatic heterocycles. The van der Waals surface area contributed by atoms with Crippen LogP contribution in [-0.2, 0) is 4.74 Å². The fourth-order valence-electron chi connectivity index (χ4n) is 0.478. The van der Waals surface area contributed by atoms with Crippen LogP contribution in [0, 0.1) is 0 Å². The summed E-state index contributed by atoms with van der Waals surface area (Å²) < 4.78 is 4.84.